The second-order valence-corrected chi connectivity index (χ2v) is 4.25. The first-order chi connectivity index (χ1) is 9.60. The van der Waals surface area contributed by atoms with Crippen molar-refractivity contribution < 1.29 is 19.1 Å². The fourth-order valence-electron chi connectivity index (χ4n) is 1.96. The van der Waals surface area contributed by atoms with Crippen LogP contribution in [0.2, 0.25) is 0 Å². The molecule has 2 heterocycles. The fraction of sp³-hybridized carbons (Fsp3) is 0.357. The van der Waals surface area contributed by atoms with E-state index in [9.17, 15) is 9.59 Å². The number of carbonyl (C=O) groups excluding carboxylic acids is 2. The number of aryl methyl sites for hydroxylation is 1. The smallest absolute Gasteiger partial charge is 0.313 e. The maximum Gasteiger partial charge on any atom is 0.313 e. The molecule has 2 aromatic heterocycles. The van der Waals surface area contributed by atoms with E-state index in [2.05, 4.69) is 9.84 Å². The summed E-state index contributed by atoms with van der Waals surface area (Å²) < 4.78 is 11.3. The van der Waals surface area contributed by atoms with Gasteiger partial charge in [-0.05, 0) is 18.6 Å². The summed E-state index contributed by atoms with van der Waals surface area (Å²) in [7, 11) is 2.80. The Morgan fingerprint density at radius 3 is 2.65 bits per heavy atom. The number of rotatable bonds is 5. The highest BCUT2D eigenvalue weighted by molar-refractivity contribution is 6.09. The summed E-state index contributed by atoms with van der Waals surface area (Å²) in [5.74, 6) is -0.319. The van der Waals surface area contributed by atoms with Crippen molar-refractivity contribution >= 4 is 17.3 Å². The minimum absolute atomic E-state index is 0.287. The molecule has 0 unspecified atom stereocenters. The van der Waals surface area contributed by atoms with Gasteiger partial charge in [0.15, 0.2) is 5.78 Å². The molecule has 6 heteroatoms. The first-order valence-corrected chi connectivity index (χ1v) is 6.26. The first kappa shape index (κ1) is 14.0. The molecule has 0 aliphatic carbocycles. The fourth-order valence-corrected chi connectivity index (χ4v) is 1.96. The number of aromatic nitrogens is 2. The van der Waals surface area contributed by atoms with Crippen molar-refractivity contribution in [2.24, 2.45) is 0 Å². The zero-order chi connectivity index (χ0) is 14.7. The van der Waals surface area contributed by atoms with Crippen LogP contribution < -0.4 is 4.74 Å². The number of ether oxygens (including phenoxy) is 2. The molecule has 20 heavy (non-hydrogen) atoms. The van der Waals surface area contributed by atoms with Crippen molar-refractivity contribution in [3.8, 4) is 5.88 Å². The minimum atomic E-state index is -0.556. The van der Waals surface area contributed by atoms with Crippen LogP contribution in [0.5, 0.6) is 5.88 Å². The Morgan fingerprint density at radius 2 is 2.05 bits per heavy atom. The maximum atomic E-state index is 12.1. The van der Waals surface area contributed by atoms with Gasteiger partial charge in [-0.1, -0.05) is 6.92 Å². The van der Waals surface area contributed by atoms with Crippen molar-refractivity contribution in [1.82, 2.24) is 9.61 Å². The van der Waals surface area contributed by atoms with Gasteiger partial charge in [0.25, 0.3) is 0 Å². The number of fused-ring (bicyclic) bond motifs is 1. The molecule has 0 aromatic carbocycles. The van der Waals surface area contributed by atoms with E-state index >= 15 is 0 Å². The number of nitrogens with zero attached hydrogens (tertiary/aromatic N) is 2. The van der Waals surface area contributed by atoms with Gasteiger partial charge in [-0.2, -0.15) is 5.10 Å². The Kier molecular flexibility index (Phi) is 4.02. The van der Waals surface area contributed by atoms with E-state index < -0.39 is 5.97 Å². The summed E-state index contributed by atoms with van der Waals surface area (Å²) in [6.45, 7) is 1.98. The molecule has 0 spiro atoms. The monoisotopic (exact) mass is 276 g/mol. The molecule has 106 valence electrons. The van der Waals surface area contributed by atoms with Crippen molar-refractivity contribution in [3.05, 3.63) is 29.5 Å². The van der Waals surface area contributed by atoms with Crippen LogP contribution in [0, 0.1) is 0 Å². The molecule has 0 aliphatic rings. The van der Waals surface area contributed by atoms with E-state index in [1.807, 2.05) is 13.0 Å². The van der Waals surface area contributed by atoms with Crippen LogP contribution in [0.25, 0.3) is 5.52 Å². The predicted octanol–water partition coefficient (Wildman–Crippen LogP) is 1.65. The Balaban J connectivity index is 2.51. The van der Waals surface area contributed by atoms with Crippen LogP contribution >= 0.6 is 0 Å². The Labute approximate surface area is 116 Å². The molecule has 2 rings (SSSR count). The van der Waals surface area contributed by atoms with Crippen molar-refractivity contribution in [2.75, 3.05) is 14.2 Å². The summed E-state index contributed by atoms with van der Waals surface area (Å²) in [6, 6.07) is 5.12. The van der Waals surface area contributed by atoms with E-state index in [1.54, 1.807) is 16.6 Å². The summed E-state index contributed by atoms with van der Waals surface area (Å²) >= 11 is 0. The van der Waals surface area contributed by atoms with Gasteiger partial charge in [-0.25, -0.2) is 4.52 Å². The standard InChI is InChI=1S/C14H16N2O4/c1-4-9-7-11-10(12(17)8-14(18)20-3)5-6-13(19-2)16(11)15-9/h5-7H,4,8H2,1-3H3. The zero-order valence-corrected chi connectivity index (χ0v) is 11.7. The van der Waals surface area contributed by atoms with Gasteiger partial charge in [0, 0.05) is 11.6 Å². The van der Waals surface area contributed by atoms with Crippen molar-refractivity contribution in [1.29, 1.82) is 0 Å². The van der Waals surface area contributed by atoms with E-state index in [-0.39, 0.29) is 12.2 Å². The number of hydrogen-bond acceptors (Lipinski definition) is 5. The molecule has 2 aromatic rings. The lowest BCUT2D eigenvalue weighted by molar-refractivity contribution is -0.139. The lowest BCUT2D eigenvalue weighted by atomic mass is 10.1. The SMILES string of the molecule is CCc1cc2c(C(=O)CC(=O)OC)ccc(OC)n2n1. The highest BCUT2D eigenvalue weighted by atomic mass is 16.5. The highest BCUT2D eigenvalue weighted by Gasteiger charge is 2.18. The summed E-state index contributed by atoms with van der Waals surface area (Å²) in [4.78, 5) is 23.4. The lowest BCUT2D eigenvalue weighted by Gasteiger charge is -2.06. The Bertz CT molecular complexity index is 660. The molecule has 0 fully saturated rings. The van der Waals surface area contributed by atoms with Gasteiger partial charge in [0.2, 0.25) is 5.88 Å². The van der Waals surface area contributed by atoms with E-state index in [0.29, 0.717) is 17.0 Å². The quantitative estimate of drug-likeness (QED) is 0.472. The third-order valence-corrected chi connectivity index (χ3v) is 3.04. The van der Waals surface area contributed by atoms with Gasteiger partial charge < -0.3 is 9.47 Å². The number of ketones is 1. The van der Waals surface area contributed by atoms with Gasteiger partial charge >= 0.3 is 5.97 Å². The molecule has 0 saturated heterocycles. The highest BCUT2D eigenvalue weighted by Crippen LogP contribution is 2.21. The van der Waals surface area contributed by atoms with Crippen molar-refractivity contribution in [2.45, 2.75) is 19.8 Å². The number of pyridine rings is 1. The second-order valence-electron chi connectivity index (χ2n) is 4.25. The van der Waals surface area contributed by atoms with Gasteiger partial charge in [0.05, 0.1) is 25.4 Å². The van der Waals surface area contributed by atoms with E-state index in [1.165, 1.54) is 14.2 Å². The predicted molar refractivity (Wildman–Crippen MR) is 72.1 cm³/mol. The molecular weight excluding hydrogens is 260 g/mol. The van der Waals surface area contributed by atoms with Gasteiger partial charge in [-0.3, -0.25) is 9.59 Å². The topological polar surface area (TPSA) is 69.9 Å². The second kappa shape index (κ2) is 5.73. The summed E-state index contributed by atoms with van der Waals surface area (Å²) in [5.41, 5.74) is 1.92. The molecule has 0 bridgehead atoms. The van der Waals surface area contributed by atoms with Crippen LogP contribution in [-0.2, 0) is 16.0 Å². The number of hydrogen-bond donors (Lipinski definition) is 0. The maximum absolute atomic E-state index is 12.1. The molecule has 0 saturated carbocycles. The normalized spacial score (nSPS) is 10.6. The lowest BCUT2D eigenvalue weighted by Crippen LogP contribution is -2.11. The molecule has 0 N–H and O–H groups in total. The molecule has 0 radical (unpaired) electrons. The van der Waals surface area contributed by atoms with Gasteiger partial charge in [-0.15, -0.1) is 0 Å². The Hall–Kier alpha value is -2.37. The van der Waals surface area contributed by atoms with Crippen LogP contribution in [0.15, 0.2) is 18.2 Å². The van der Waals surface area contributed by atoms with Crippen molar-refractivity contribution in [3.63, 3.8) is 0 Å². The number of carbonyl (C=O) groups is 2. The zero-order valence-electron chi connectivity index (χ0n) is 11.7. The van der Waals surface area contributed by atoms with Crippen LogP contribution in [-0.4, -0.2) is 35.6 Å². The van der Waals surface area contributed by atoms with Crippen LogP contribution in [0.1, 0.15) is 29.4 Å². The molecule has 0 atom stereocenters. The molecule has 0 amide bonds. The summed E-state index contributed by atoms with van der Waals surface area (Å²) in [5, 5.41) is 4.37. The van der Waals surface area contributed by atoms with Gasteiger partial charge in [0.1, 0.15) is 6.42 Å². The largest absolute Gasteiger partial charge is 0.481 e. The van der Waals surface area contributed by atoms with Crippen LogP contribution in [0.4, 0.5) is 0 Å². The number of esters is 1. The Morgan fingerprint density at radius 1 is 1.30 bits per heavy atom. The third-order valence-electron chi connectivity index (χ3n) is 3.04. The van der Waals surface area contributed by atoms with Crippen LogP contribution in [0.3, 0.4) is 0 Å². The summed E-state index contributed by atoms with van der Waals surface area (Å²) in [6.07, 6.45) is 0.459. The van der Waals surface area contributed by atoms with E-state index in [4.69, 9.17) is 4.74 Å². The molecule has 0 aliphatic heterocycles. The number of Topliss-reactive ketones (excluding diaryl/α,β-unsaturated/α-hetero) is 1. The van der Waals surface area contributed by atoms with E-state index in [0.717, 1.165) is 12.1 Å². The minimum Gasteiger partial charge on any atom is -0.481 e. The molecular formula is C14H16N2O4. The average Bonchev–Trinajstić information content (AvgIpc) is 2.89. The average molecular weight is 276 g/mol. The number of methoxy groups -OCH3 is 2. The third kappa shape index (κ3) is 2.49. The molecule has 6 nitrogen and oxygen atoms in total. The first-order valence-electron chi connectivity index (χ1n) is 6.26.